The van der Waals surface area contributed by atoms with Gasteiger partial charge in [-0.05, 0) is 49.2 Å². The summed E-state index contributed by atoms with van der Waals surface area (Å²) < 4.78 is 5.17. The molecule has 2 aromatic rings. The molecule has 2 amide bonds. The van der Waals surface area contributed by atoms with Gasteiger partial charge in [0.05, 0.1) is 11.2 Å². The van der Waals surface area contributed by atoms with E-state index in [2.05, 4.69) is 10.3 Å². The van der Waals surface area contributed by atoms with Crippen LogP contribution in [0.5, 0.6) is 5.75 Å². The zero-order chi connectivity index (χ0) is 16.3. The molecule has 1 aliphatic carbocycles. The third-order valence-electron chi connectivity index (χ3n) is 3.76. The first-order valence-corrected chi connectivity index (χ1v) is 7.34. The van der Waals surface area contributed by atoms with Crippen molar-refractivity contribution in [2.24, 2.45) is 5.73 Å². The molecule has 1 saturated carbocycles. The molecule has 0 atom stereocenters. The number of aromatic nitrogens is 1. The first kappa shape index (κ1) is 15.0. The number of carbonyl (C=O) groups excluding carboxylic acids is 2. The van der Waals surface area contributed by atoms with Crippen LogP contribution in [0.1, 0.15) is 28.9 Å². The Morgan fingerprint density at radius 3 is 2.48 bits per heavy atom. The first-order chi connectivity index (χ1) is 11.1. The zero-order valence-corrected chi connectivity index (χ0v) is 12.5. The van der Waals surface area contributed by atoms with Crippen LogP contribution in [-0.2, 0) is 10.3 Å². The second kappa shape index (κ2) is 6.08. The number of ether oxygens (including phenoxy) is 1. The van der Waals surface area contributed by atoms with E-state index in [1.807, 2.05) is 18.2 Å². The quantitative estimate of drug-likeness (QED) is 0.842. The van der Waals surface area contributed by atoms with Crippen molar-refractivity contribution in [1.82, 2.24) is 10.3 Å². The van der Waals surface area contributed by atoms with Crippen LogP contribution in [0.2, 0.25) is 0 Å². The summed E-state index contributed by atoms with van der Waals surface area (Å²) in [6, 6.07) is 12.3. The van der Waals surface area contributed by atoms with Gasteiger partial charge in [0.25, 0.3) is 11.8 Å². The van der Waals surface area contributed by atoms with E-state index in [9.17, 15) is 9.59 Å². The Bertz CT molecular complexity index is 710. The number of hydrogen-bond acceptors (Lipinski definition) is 4. The Balaban J connectivity index is 1.66. The lowest BCUT2D eigenvalue weighted by Crippen LogP contribution is -2.35. The molecule has 23 heavy (non-hydrogen) atoms. The van der Waals surface area contributed by atoms with Gasteiger partial charge >= 0.3 is 0 Å². The van der Waals surface area contributed by atoms with Gasteiger partial charge < -0.3 is 15.8 Å². The number of carbonyl (C=O) groups is 2. The third kappa shape index (κ3) is 3.48. The number of nitrogens with two attached hydrogens (primary N) is 1. The molecule has 0 bridgehead atoms. The van der Waals surface area contributed by atoms with Gasteiger partial charge in [0.2, 0.25) is 0 Å². The number of hydrogen-bond donors (Lipinski definition) is 2. The molecule has 0 aliphatic heterocycles. The van der Waals surface area contributed by atoms with E-state index in [0.29, 0.717) is 11.3 Å². The average molecular weight is 311 g/mol. The molecule has 0 radical (unpaired) electrons. The average Bonchev–Trinajstić information content (AvgIpc) is 3.35. The molecular formula is C17H17N3O3. The summed E-state index contributed by atoms with van der Waals surface area (Å²) >= 11 is 0. The van der Waals surface area contributed by atoms with E-state index in [4.69, 9.17) is 10.5 Å². The Kier molecular flexibility index (Phi) is 3.97. The number of primary amides is 1. The summed E-state index contributed by atoms with van der Waals surface area (Å²) in [5.74, 6) is -0.210. The largest absolute Gasteiger partial charge is 0.484 e. The van der Waals surface area contributed by atoms with Crippen LogP contribution in [-0.4, -0.2) is 23.4 Å². The summed E-state index contributed by atoms with van der Waals surface area (Å²) in [6.45, 7) is -0.186. The minimum Gasteiger partial charge on any atom is -0.484 e. The van der Waals surface area contributed by atoms with Crippen LogP contribution in [0.3, 0.4) is 0 Å². The van der Waals surface area contributed by atoms with E-state index in [1.165, 1.54) is 0 Å². The van der Waals surface area contributed by atoms with E-state index >= 15 is 0 Å². The third-order valence-corrected chi connectivity index (χ3v) is 3.76. The summed E-state index contributed by atoms with van der Waals surface area (Å²) in [5.41, 5.74) is 6.08. The van der Waals surface area contributed by atoms with Gasteiger partial charge in [-0.15, -0.1) is 0 Å². The molecule has 1 fully saturated rings. The van der Waals surface area contributed by atoms with Crippen molar-refractivity contribution in [3.8, 4) is 5.75 Å². The fraction of sp³-hybridized carbons (Fsp3) is 0.235. The van der Waals surface area contributed by atoms with E-state index < -0.39 is 5.91 Å². The predicted octanol–water partition coefficient (Wildman–Crippen LogP) is 1.36. The number of benzene rings is 1. The van der Waals surface area contributed by atoms with Crippen molar-refractivity contribution < 1.29 is 14.3 Å². The van der Waals surface area contributed by atoms with Gasteiger partial charge in [-0.1, -0.05) is 6.07 Å². The maximum Gasteiger partial charge on any atom is 0.255 e. The van der Waals surface area contributed by atoms with Gasteiger partial charge in [-0.25, -0.2) is 0 Å². The van der Waals surface area contributed by atoms with Crippen molar-refractivity contribution >= 4 is 11.8 Å². The lowest BCUT2D eigenvalue weighted by Gasteiger charge is -2.17. The van der Waals surface area contributed by atoms with Gasteiger partial charge in [0.1, 0.15) is 5.75 Å². The predicted molar refractivity (Wildman–Crippen MR) is 83.7 cm³/mol. The molecule has 3 N–H and O–H groups in total. The smallest absolute Gasteiger partial charge is 0.255 e. The number of amides is 2. The van der Waals surface area contributed by atoms with Crippen LogP contribution in [0.15, 0.2) is 48.7 Å². The molecule has 1 aromatic heterocycles. The van der Waals surface area contributed by atoms with Gasteiger partial charge in [-0.3, -0.25) is 14.6 Å². The molecule has 6 heteroatoms. The maximum absolute atomic E-state index is 12.4. The standard InChI is InChI=1S/C17H17N3O3/c18-15(21)11-23-13-6-4-12(5-7-13)16(22)20-17(8-9-17)14-3-1-2-10-19-14/h1-7,10H,8-9,11H2,(H2,18,21)(H,20,22). The van der Waals surface area contributed by atoms with Crippen LogP contribution in [0.4, 0.5) is 0 Å². The second-order valence-electron chi connectivity index (χ2n) is 5.53. The molecule has 0 spiro atoms. The van der Waals surface area contributed by atoms with Crippen LogP contribution >= 0.6 is 0 Å². The Morgan fingerprint density at radius 1 is 1.17 bits per heavy atom. The first-order valence-electron chi connectivity index (χ1n) is 7.34. The normalized spacial score (nSPS) is 14.8. The summed E-state index contributed by atoms with van der Waals surface area (Å²) in [7, 11) is 0. The second-order valence-corrected chi connectivity index (χ2v) is 5.53. The van der Waals surface area contributed by atoms with E-state index in [0.717, 1.165) is 18.5 Å². The van der Waals surface area contributed by atoms with Crippen molar-refractivity contribution in [2.45, 2.75) is 18.4 Å². The Morgan fingerprint density at radius 2 is 1.91 bits per heavy atom. The van der Waals surface area contributed by atoms with Gasteiger partial charge in [0, 0.05) is 11.8 Å². The Labute approximate surface area is 133 Å². The topological polar surface area (TPSA) is 94.3 Å². The lowest BCUT2D eigenvalue weighted by molar-refractivity contribution is -0.119. The number of pyridine rings is 1. The van der Waals surface area contributed by atoms with Crippen LogP contribution < -0.4 is 15.8 Å². The van der Waals surface area contributed by atoms with Crippen molar-refractivity contribution in [3.05, 3.63) is 59.9 Å². The molecule has 0 saturated heterocycles. The SMILES string of the molecule is NC(=O)COc1ccc(C(=O)NC2(c3ccccn3)CC2)cc1. The van der Waals surface area contributed by atoms with Crippen molar-refractivity contribution in [2.75, 3.05) is 6.61 Å². The monoisotopic (exact) mass is 311 g/mol. The fourth-order valence-corrected chi connectivity index (χ4v) is 2.36. The molecule has 0 unspecified atom stereocenters. The number of nitrogens with zero attached hydrogens (tertiary/aromatic N) is 1. The summed E-state index contributed by atoms with van der Waals surface area (Å²) in [5, 5.41) is 3.05. The fourth-order valence-electron chi connectivity index (χ4n) is 2.36. The lowest BCUT2D eigenvalue weighted by atomic mass is 10.1. The molecule has 118 valence electrons. The van der Waals surface area contributed by atoms with Crippen LogP contribution in [0, 0.1) is 0 Å². The van der Waals surface area contributed by atoms with Gasteiger partial charge in [0.15, 0.2) is 6.61 Å². The van der Waals surface area contributed by atoms with Crippen molar-refractivity contribution in [3.63, 3.8) is 0 Å². The highest BCUT2D eigenvalue weighted by Crippen LogP contribution is 2.44. The maximum atomic E-state index is 12.4. The molecule has 1 heterocycles. The zero-order valence-electron chi connectivity index (χ0n) is 12.5. The molecule has 3 rings (SSSR count). The summed E-state index contributed by atoms with van der Waals surface area (Å²) in [4.78, 5) is 27.4. The molecule has 1 aliphatic rings. The molecular weight excluding hydrogens is 294 g/mol. The Hall–Kier alpha value is -2.89. The van der Waals surface area contributed by atoms with E-state index in [-0.39, 0.29) is 18.1 Å². The highest BCUT2D eigenvalue weighted by molar-refractivity contribution is 5.95. The summed E-state index contributed by atoms with van der Waals surface area (Å²) in [6.07, 6.45) is 3.50. The molecule has 6 nitrogen and oxygen atoms in total. The minimum absolute atomic E-state index is 0.158. The highest BCUT2D eigenvalue weighted by Gasteiger charge is 2.46. The highest BCUT2D eigenvalue weighted by atomic mass is 16.5. The van der Waals surface area contributed by atoms with Gasteiger partial charge in [-0.2, -0.15) is 0 Å². The van der Waals surface area contributed by atoms with Crippen LogP contribution in [0.25, 0.3) is 0 Å². The minimum atomic E-state index is -0.544. The van der Waals surface area contributed by atoms with E-state index in [1.54, 1.807) is 30.5 Å². The number of rotatable bonds is 6. The van der Waals surface area contributed by atoms with Crippen molar-refractivity contribution in [1.29, 1.82) is 0 Å². The number of nitrogens with one attached hydrogen (secondary N) is 1. The molecule has 1 aromatic carbocycles.